The summed E-state index contributed by atoms with van der Waals surface area (Å²) in [5.41, 5.74) is 5.96. The smallest absolute Gasteiger partial charge is 0.138 e. The second-order valence-corrected chi connectivity index (χ2v) is 7.39. The molecule has 4 aromatic rings. The summed E-state index contributed by atoms with van der Waals surface area (Å²) in [5.74, 6) is 0. The van der Waals surface area contributed by atoms with Gasteiger partial charge in [0.1, 0.15) is 11.9 Å². The molecule has 1 aliphatic heterocycles. The number of fused-ring (bicyclic) bond motifs is 1. The number of rotatable bonds is 3. The maximum atomic E-state index is 6.34. The van der Waals surface area contributed by atoms with E-state index in [1.165, 1.54) is 6.33 Å². The molecule has 1 aromatic carbocycles. The predicted octanol–water partition coefficient (Wildman–Crippen LogP) is 4.62. The van der Waals surface area contributed by atoms with Crippen molar-refractivity contribution in [2.45, 2.75) is 12.5 Å². The van der Waals surface area contributed by atoms with Gasteiger partial charge in [-0.15, -0.1) is 0 Å². The van der Waals surface area contributed by atoms with E-state index in [1.807, 2.05) is 43.6 Å². The molecular weight excluding hydrogens is 382 g/mol. The molecule has 29 heavy (non-hydrogen) atoms. The summed E-state index contributed by atoms with van der Waals surface area (Å²) in [6.07, 6.45) is 10.4. The molecule has 5 nitrogen and oxygen atoms in total. The van der Waals surface area contributed by atoms with Crippen LogP contribution in [-0.4, -0.2) is 26.2 Å². The number of benzene rings is 1. The first kappa shape index (κ1) is 17.6. The summed E-state index contributed by atoms with van der Waals surface area (Å²) in [6.45, 7) is 1.98. The largest absolute Gasteiger partial charge is 0.270 e. The highest BCUT2D eigenvalue weighted by Gasteiger charge is 2.41. The number of hydrogen-bond donors (Lipinski definition) is 0. The molecule has 0 amide bonds. The zero-order chi connectivity index (χ0) is 19.8. The van der Waals surface area contributed by atoms with Crippen molar-refractivity contribution >= 4 is 17.8 Å². The van der Waals surface area contributed by atoms with E-state index in [0.717, 1.165) is 39.2 Å². The summed E-state index contributed by atoms with van der Waals surface area (Å²) in [5, 5.41) is 0.581. The fraction of sp³-hybridized carbons (Fsp3) is 0.0870. The normalized spacial score (nSPS) is 17.3. The first-order valence-electron chi connectivity index (χ1n) is 9.17. The molecule has 3 aromatic heterocycles. The molecule has 1 unspecified atom stereocenters. The lowest BCUT2D eigenvalue weighted by Gasteiger charge is -2.29. The van der Waals surface area contributed by atoms with Gasteiger partial charge in [0.2, 0.25) is 0 Å². The summed E-state index contributed by atoms with van der Waals surface area (Å²) < 4.78 is 0. The number of pyridine rings is 2. The van der Waals surface area contributed by atoms with Crippen LogP contribution in [-0.2, 0) is 5.54 Å². The van der Waals surface area contributed by atoms with Gasteiger partial charge in [-0.05, 0) is 47.9 Å². The van der Waals surface area contributed by atoms with Crippen LogP contribution in [0.1, 0.15) is 28.1 Å². The predicted molar refractivity (Wildman–Crippen MR) is 113 cm³/mol. The second-order valence-electron chi connectivity index (χ2n) is 6.95. The number of aromatic nitrogens is 4. The van der Waals surface area contributed by atoms with Crippen molar-refractivity contribution in [2.75, 3.05) is 0 Å². The molecule has 0 bridgehead atoms. The van der Waals surface area contributed by atoms with Crippen LogP contribution in [0.5, 0.6) is 0 Å². The van der Waals surface area contributed by atoms with Gasteiger partial charge >= 0.3 is 0 Å². The average molecular weight is 398 g/mol. The van der Waals surface area contributed by atoms with Crippen molar-refractivity contribution in [2.24, 2.45) is 4.99 Å². The van der Waals surface area contributed by atoms with E-state index in [9.17, 15) is 0 Å². The fourth-order valence-electron chi connectivity index (χ4n) is 3.84. The lowest BCUT2D eigenvalue weighted by molar-refractivity contribution is 0.669. The van der Waals surface area contributed by atoms with Crippen LogP contribution in [0.25, 0.3) is 11.1 Å². The Bertz CT molecular complexity index is 1240. The third-order valence-electron chi connectivity index (χ3n) is 5.14. The van der Waals surface area contributed by atoms with Crippen molar-refractivity contribution in [3.05, 3.63) is 107 Å². The van der Waals surface area contributed by atoms with Gasteiger partial charge in [0.05, 0.1) is 10.7 Å². The van der Waals surface area contributed by atoms with Crippen molar-refractivity contribution < 1.29 is 0 Å². The van der Waals surface area contributed by atoms with E-state index in [1.54, 1.807) is 18.6 Å². The van der Waals surface area contributed by atoms with Crippen LogP contribution in [0.4, 0.5) is 0 Å². The highest BCUT2D eigenvalue weighted by atomic mass is 35.5. The number of aryl methyl sites for hydroxylation is 1. The van der Waals surface area contributed by atoms with Gasteiger partial charge in [-0.1, -0.05) is 29.8 Å². The van der Waals surface area contributed by atoms with Crippen LogP contribution in [0.3, 0.4) is 0 Å². The Labute approximate surface area is 173 Å². The van der Waals surface area contributed by atoms with Crippen molar-refractivity contribution in [3.8, 4) is 11.1 Å². The van der Waals surface area contributed by atoms with E-state index >= 15 is 0 Å². The molecule has 0 saturated heterocycles. The highest BCUT2D eigenvalue weighted by Crippen LogP contribution is 2.45. The number of hydrogen-bond acceptors (Lipinski definition) is 5. The Morgan fingerprint density at radius 2 is 1.69 bits per heavy atom. The lowest BCUT2D eigenvalue weighted by Crippen LogP contribution is -2.25. The molecule has 0 spiro atoms. The number of aliphatic imine (C=N–C) groups is 1. The van der Waals surface area contributed by atoms with E-state index in [2.05, 4.69) is 38.1 Å². The van der Waals surface area contributed by atoms with Crippen LogP contribution < -0.4 is 0 Å². The summed E-state index contributed by atoms with van der Waals surface area (Å²) in [6, 6.07) is 14.3. The van der Waals surface area contributed by atoms with Gasteiger partial charge in [-0.2, -0.15) is 0 Å². The standard InChI is InChI=1S/C23H16ClN5/c1-15-7-19(5-6-27-15)23(21-9-20(24)12-28-22(21)13-29-23)18-4-2-3-16(8-18)17-10-25-14-26-11-17/h2-14H,1H3. The molecule has 5 rings (SSSR count). The van der Waals surface area contributed by atoms with Crippen LogP contribution >= 0.6 is 11.6 Å². The lowest BCUT2D eigenvalue weighted by atomic mass is 9.78. The first-order chi connectivity index (χ1) is 14.2. The zero-order valence-electron chi connectivity index (χ0n) is 15.6. The Morgan fingerprint density at radius 1 is 0.862 bits per heavy atom. The second kappa shape index (κ2) is 6.87. The topological polar surface area (TPSA) is 63.9 Å². The Kier molecular flexibility index (Phi) is 4.18. The van der Waals surface area contributed by atoms with Crippen LogP contribution in [0.15, 0.2) is 78.6 Å². The molecular formula is C23H16ClN5. The number of halogens is 1. The minimum atomic E-state index is -0.743. The number of nitrogens with zero attached hydrogens (tertiary/aromatic N) is 5. The van der Waals surface area contributed by atoms with Gasteiger partial charge in [0, 0.05) is 47.8 Å². The SMILES string of the molecule is Cc1cc(C2(c3cccc(-c4cncnc4)c3)N=Cc3ncc(Cl)cc32)ccn1. The molecule has 6 heteroatoms. The third kappa shape index (κ3) is 2.91. The summed E-state index contributed by atoms with van der Waals surface area (Å²) >= 11 is 6.34. The summed E-state index contributed by atoms with van der Waals surface area (Å²) in [7, 11) is 0. The maximum Gasteiger partial charge on any atom is 0.138 e. The monoisotopic (exact) mass is 397 g/mol. The quantitative estimate of drug-likeness (QED) is 0.506. The molecule has 0 saturated carbocycles. The molecule has 140 valence electrons. The van der Waals surface area contributed by atoms with Gasteiger partial charge in [0.15, 0.2) is 0 Å². The first-order valence-corrected chi connectivity index (χ1v) is 9.55. The van der Waals surface area contributed by atoms with Crippen molar-refractivity contribution in [1.82, 2.24) is 19.9 Å². The molecule has 1 atom stereocenters. The van der Waals surface area contributed by atoms with Crippen LogP contribution in [0, 0.1) is 6.92 Å². The van der Waals surface area contributed by atoms with Gasteiger partial charge in [-0.25, -0.2) is 9.97 Å². The molecule has 0 N–H and O–H groups in total. The van der Waals surface area contributed by atoms with Gasteiger partial charge in [-0.3, -0.25) is 15.0 Å². The average Bonchev–Trinajstić information content (AvgIpc) is 3.14. The Morgan fingerprint density at radius 3 is 2.52 bits per heavy atom. The van der Waals surface area contributed by atoms with E-state index in [0.29, 0.717) is 5.02 Å². The zero-order valence-corrected chi connectivity index (χ0v) is 16.4. The maximum absolute atomic E-state index is 6.34. The highest BCUT2D eigenvalue weighted by molar-refractivity contribution is 6.30. The molecule has 1 aliphatic rings. The van der Waals surface area contributed by atoms with Gasteiger partial charge < -0.3 is 0 Å². The van der Waals surface area contributed by atoms with E-state index in [4.69, 9.17) is 16.6 Å². The Balaban J connectivity index is 1.79. The third-order valence-corrected chi connectivity index (χ3v) is 5.35. The molecule has 0 fully saturated rings. The molecule has 4 heterocycles. The van der Waals surface area contributed by atoms with Gasteiger partial charge in [0.25, 0.3) is 0 Å². The molecule has 0 aliphatic carbocycles. The summed E-state index contributed by atoms with van der Waals surface area (Å²) in [4.78, 5) is 22.1. The van der Waals surface area contributed by atoms with Crippen LogP contribution in [0.2, 0.25) is 5.02 Å². The van der Waals surface area contributed by atoms with E-state index < -0.39 is 5.54 Å². The minimum Gasteiger partial charge on any atom is -0.270 e. The van der Waals surface area contributed by atoms with Crippen molar-refractivity contribution in [1.29, 1.82) is 0 Å². The Hall–Kier alpha value is -3.44. The van der Waals surface area contributed by atoms with Crippen molar-refractivity contribution in [3.63, 3.8) is 0 Å². The minimum absolute atomic E-state index is 0.581. The van der Waals surface area contributed by atoms with E-state index in [-0.39, 0.29) is 0 Å². The fourth-order valence-corrected chi connectivity index (χ4v) is 4.00. The molecule has 0 radical (unpaired) electrons.